The van der Waals surface area contributed by atoms with Gasteiger partial charge in [0.15, 0.2) is 5.96 Å². The van der Waals surface area contributed by atoms with Crippen LogP contribution in [0.2, 0.25) is 0 Å². The number of aliphatic imine (C=N–C) groups is 1. The van der Waals surface area contributed by atoms with E-state index < -0.39 is 5.91 Å². The van der Waals surface area contributed by atoms with E-state index in [1.807, 2.05) is 42.6 Å². The zero-order chi connectivity index (χ0) is 15.5. The number of benzene rings is 2. The Bertz CT molecular complexity index is 845. The van der Waals surface area contributed by atoms with Crippen molar-refractivity contribution in [3.05, 3.63) is 71.9 Å². The Morgan fingerprint density at radius 3 is 2.55 bits per heavy atom. The Morgan fingerprint density at radius 2 is 1.82 bits per heavy atom. The van der Waals surface area contributed by atoms with E-state index in [1.54, 1.807) is 6.07 Å². The van der Waals surface area contributed by atoms with Crippen LogP contribution in [-0.2, 0) is 6.54 Å². The third-order valence-electron chi connectivity index (χ3n) is 3.45. The Balaban J connectivity index is 1.99. The minimum absolute atomic E-state index is 0.232. The maximum atomic E-state index is 11.9. The van der Waals surface area contributed by atoms with Crippen LogP contribution < -0.4 is 11.5 Å². The van der Waals surface area contributed by atoms with Crippen molar-refractivity contribution in [1.29, 1.82) is 0 Å². The van der Waals surface area contributed by atoms with Crippen molar-refractivity contribution in [2.75, 3.05) is 0 Å². The fourth-order valence-electron chi connectivity index (χ4n) is 2.42. The average molecular weight is 292 g/mol. The molecule has 1 amide bonds. The van der Waals surface area contributed by atoms with Crippen molar-refractivity contribution in [1.82, 2.24) is 4.57 Å². The lowest BCUT2D eigenvalue weighted by molar-refractivity contribution is 0.100. The summed E-state index contributed by atoms with van der Waals surface area (Å²) < 4.78 is 2.09. The summed E-state index contributed by atoms with van der Waals surface area (Å²) >= 11 is 0. The largest absolute Gasteiger partial charge is 0.370 e. The number of nitrogens with two attached hydrogens (primary N) is 2. The Labute approximate surface area is 127 Å². The lowest BCUT2D eigenvalue weighted by Gasteiger charge is -2.06. The number of aromatic nitrogens is 1. The molecule has 0 aliphatic rings. The predicted molar refractivity (Wildman–Crippen MR) is 87.6 cm³/mol. The van der Waals surface area contributed by atoms with Gasteiger partial charge in [0.2, 0.25) is 0 Å². The summed E-state index contributed by atoms with van der Waals surface area (Å²) in [5, 5.41) is 1.07. The molecular formula is C17H16N4O. The van der Waals surface area contributed by atoms with E-state index in [2.05, 4.69) is 21.7 Å². The highest BCUT2D eigenvalue weighted by Gasteiger charge is 2.08. The monoisotopic (exact) mass is 292 g/mol. The van der Waals surface area contributed by atoms with Gasteiger partial charge >= 0.3 is 0 Å². The maximum Gasteiger partial charge on any atom is 0.280 e. The molecule has 0 atom stereocenters. The van der Waals surface area contributed by atoms with E-state index in [0.717, 1.165) is 17.4 Å². The Kier molecular flexibility index (Phi) is 3.62. The highest BCUT2D eigenvalue weighted by atomic mass is 16.1. The van der Waals surface area contributed by atoms with E-state index >= 15 is 0 Å². The second-order valence-corrected chi connectivity index (χ2v) is 5.04. The third kappa shape index (κ3) is 2.83. The first-order valence-electron chi connectivity index (χ1n) is 6.90. The minimum Gasteiger partial charge on any atom is -0.370 e. The highest BCUT2D eigenvalue weighted by molar-refractivity contribution is 6.03. The molecule has 0 aliphatic carbocycles. The number of rotatable bonds is 3. The van der Waals surface area contributed by atoms with E-state index in [1.165, 1.54) is 5.56 Å². The first-order valence-corrected chi connectivity index (χ1v) is 6.90. The number of nitrogens with zero attached hydrogens (tertiary/aromatic N) is 2. The van der Waals surface area contributed by atoms with Crippen LogP contribution in [0.25, 0.3) is 10.9 Å². The number of hydrogen-bond donors (Lipinski definition) is 2. The topological polar surface area (TPSA) is 86.4 Å². The minimum atomic E-state index is -0.436. The number of amides is 1. The number of guanidine groups is 1. The zero-order valence-corrected chi connectivity index (χ0v) is 11.9. The molecule has 110 valence electrons. The average Bonchev–Trinajstić information content (AvgIpc) is 2.90. The second-order valence-electron chi connectivity index (χ2n) is 5.04. The summed E-state index contributed by atoms with van der Waals surface area (Å²) in [4.78, 5) is 15.5. The van der Waals surface area contributed by atoms with E-state index in [0.29, 0.717) is 5.56 Å². The summed E-state index contributed by atoms with van der Waals surface area (Å²) in [6.07, 6.45) is 2.01. The van der Waals surface area contributed by atoms with Crippen molar-refractivity contribution >= 4 is 22.8 Å². The molecular weight excluding hydrogens is 276 g/mol. The summed E-state index contributed by atoms with van der Waals surface area (Å²) in [6.45, 7) is 0.740. The number of fused-ring (bicyclic) bond motifs is 1. The molecule has 0 spiro atoms. The fourth-order valence-corrected chi connectivity index (χ4v) is 2.42. The summed E-state index contributed by atoms with van der Waals surface area (Å²) in [7, 11) is 0. The van der Waals surface area contributed by atoms with Crippen molar-refractivity contribution in [3.8, 4) is 0 Å². The smallest absolute Gasteiger partial charge is 0.280 e. The molecule has 0 bridgehead atoms. The van der Waals surface area contributed by atoms with Gasteiger partial charge in [0.1, 0.15) is 0 Å². The molecule has 4 N–H and O–H groups in total. The van der Waals surface area contributed by atoms with Gasteiger partial charge in [-0.15, -0.1) is 0 Å². The van der Waals surface area contributed by atoms with Gasteiger partial charge in [-0.05, 0) is 29.1 Å². The molecule has 2 aromatic carbocycles. The van der Waals surface area contributed by atoms with Crippen molar-refractivity contribution in [3.63, 3.8) is 0 Å². The molecule has 5 nitrogen and oxygen atoms in total. The molecule has 0 radical (unpaired) electrons. The SMILES string of the molecule is NC(N)=NC(=O)c1ccc2ccn(Cc3ccccc3)c2c1. The first-order chi connectivity index (χ1) is 10.6. The fraction of sp³-hybridized carbons (Fsp3) is 0.0588. The third-order valence-corrected chi connectivity index (χ3v) is 3.45. The molecule has 0 fully saturated rings. The predicted octanol–water partition coefficient (Wildman–Crippen LogP) is 2.10. The molecule has 0 saturated heterocycles. The van der Waals surface area contributed by atoms with Gasteiger partial charge in [-0.25, -0.2) is 0 Å². The molecule has 22 heavy (non-hydrogen) atoms. The van der Waals surface area contributed by atoms with Crippen molar-refractivity contribution < 1.29 is 4.79 Å². The van der Waals surface area contributed by atoms with Crippen LogP contribution in [0, 0.1) is 0 Å². The summed E-state index contributed by atoms with van der Waals surface area (Å²) in [6, 6.07) is 17.6. The van der Waals surface area contributed by atoms with Crippen LogP contribution in [0.15, 0.2) is 65.8 Å². The van der Waals surface area contributed by atoms with Crippen LogP contribution in [0.1, 0.15) is 15.9 Å². The molecule has 3 aromatic rings. The quantitative estimate of drug-likeness (QED) is 0.572. The van der Waals surface area contributed by atoms with Crippen LogP contribution >= 0.6 is 0 Å². The zero-order valence-electron chi connectivity index (χ0n) is 11.9. The standard InChI is InChI=1S/C17H16N4O/c18-17(19)20-16(22)14-7-6-13-8-9-21(15(13)10-14)11-12-4-2-1-3-5-12/h1-10H,11H2,(H4,18,19,20,22). The number of carbonyl (C=O) groups excluding carboxylic acids is 1. The van der Waals surface area contributed by atoms with Gasteiger partial charge in [-0.2, -0.15) is 4.99 Å². The van der Waals surface area contributed by atoms with Gasteiger partial charge in [0.25, 0.3) is 5.91 Å². The molecule has 1 aromatic heterocycles. The Hall–Kier alpha value is -3.08. The van der Waals surface area contributed by atoms with E-state index in [-0.39, 0.29) is 5.96 Å². The van der Waals surface area contributed by atoms with Crippen LogP contribution in [-0.4, -0.2) is 16.4 Å². The number of hydrogen-bond acceptors (Lipinski definition) is 1. The summed E-state index contributed by atoms with van der Waals surface area (Å²) in [5.41, 5.74) is 13.1. The van der Waals surface area contributed by atoms with Gasteiger partial charge in [0, 0.05) is 23.8 Å². The van der Waals surface area contributed by atoms with E-state index in [4.69, 9.17) is 11.5 Å². The molecule has 0 saturated carbocycles. The normalized spacial score (nSPS) is 10.5. The first kappa shape index (κ1) is 13.9. The molecule has 0 aliphatic heterocycles. The van der Waals surface area contributed by atoms with Crippen LogP contribution in [0.3, 0.4) is 0 Å². The van der Waals surface area contributed by atoms with Gasteiger partial charge in [0.05, 0.1) is 0 Å². The van der Waals surface area contributed by atoms with Crippen molar-refractivity contribution in [2.45, 2.75) is 6.54 Å². The molecule has 5 heteroatoms. The van der Waals surface area contributed by atoms with E-state index in [9.17, 15) is 4.79 Å². The van der Waals surface area contributed by atoms with Gasteiger partial charge in [-0.3, -0.25) is 4.79 Å². The molecule has 1 heterocycles. The summed E-state index contributed by atoms with van der Waals surface area (Å²) in [5.74, 6) is -0.667. The molecule has 0 unspecified atom stereocenters. The van der Waals surface area contributed by atoms with Crippen molar-refractivity contribution in [2.24, 2.45) is 16.5 Å². The number of carbonyl (C=O) groups is 1. The second kappa shape index (κ2) is 5.73. The van der Waals surface area contributed by atoms with Gasteiger partial charge in [-0.1, -0.05) is 36.4 Å². The molecule has 3 rings (SSSR count). The van der Waals surface area contributed by atoms with Crippen LogP contribution in [0.4, 0.5) is 0 Å². The van der Waals surface area contributed by atoms with Gasteiger partial charge < -0.3 is 16.0 Å². The highest BCUT2D eigenvalue weighted by Crippen LogP contribution is 2.19. The Morgan fingerprint density at radius 1 is 1.05 bits per heavy atom. The lowest BCUT2D eigenvalue weighted by atomic mass is 10.1. The maximum absolute atomic E-state index is 11.9. The van der Waals surface area contributed by atoms with Crippen LogP contribution in [0.5, 0.6) is 0 Å². The lowest BCUT2D eigenvalue weighted by Crippen LogP contribution is -2.24.